The van der Waals surface area contributed by atoms with Gasteiger partial charge in [0.15, 0.2) is 0 Å². The lowest BCUT2D eigenvalue weighted by Gasteiger charge is -2.40. The Morgan fingerprint density at radius 3 is 2.77 bits per heavy atom. The summed E-state index contributed by atoms with van der Waals surface area (Å²) in [6.07, 6.45) is 7.86. The number of aromatic nitrogens is 3. The van der Waals surface area contributed by atoms with Crippen LogP contribution in [0, 0.1) is 19.8 Å². The number of hydrogen-bond donors (Lipinski definition) is 0. The first-order chi connectivity index (χ1) is 14.9. The summed E-state index contributed by atoms with van der Waals surface area (Å²) in [5, 5.41) is 4.31. The van der Waals surface area contributed by atoms with Crippen LogP contribution in [0.3, 0.4) is 0 Å². The van der Waals surface area contributed by atoms with Crippen LogP contribution in [0.1, 0.15) is 53.5 Å². The van der Waals surface area contributed by atoms with E-state index >= 15 is 0 Å². The lowest BCUT2D eigenvalue weighted by atomic mass is 9.86. The summed E-state index contributed by atoms with van der Waals surface area (Å²) in [4.78, 5) is 20.6. The summed E-state index contributed by atoms with van der Waals surface area (Å²) in [6, 6.07) is 12.6. The first-order valence-corrected chi connectivity index (χ1v) is 11.3. The van der Waals surface area contributed by atoms with Crippen molar-refractivity contribution in [1.29, 1.82) is 0 Å². The third-order valence-corrected chi connectivity index (χ3v) is 6.44. The van der Waals surface area contributed by atoms with Crippen LogP contribution in [0.4, 0.5) is 0 Å². The second-order valence-corrected chi connectivity index (χ2v) is 8.95. The maximum atomic E-state index is 13.9. The van der Waals surface area contributed by atoms with Crippen LogP contribution in [0.15, 0.2) is 48.8 Å². The molecule has 1 aliphatic heterocycles. The molecule has 1 amide bonds. The van der Waals surface area contributed by atoms with Gasteiger partial charge in [-0.25, -0.2) is 0 Å². The van der Waals surface area contributed by atoms with Gasteiger partial charge in [0, 0.05) is 48.3 Å². The van der Waals surface area contributed by atoms with E-state index in [4.69, 9.17) is 0 Å². The topological polar surface area (TPSA) is 51.0 Å². The molecule has 0 N–H and O–H groups in total. The Balaban J connectivity index is 1.62. The summed E-state index contributed by atoms with van der Waals surface area (Å²) >= 11 is 0. The molecule has 5 nitrogen and oxygen atoms in total. The molecule has 2 atom stereocenters. The molecule has 31 heavy (non-hydrogen) atoms. The molecule has 2 aromatic heterocycles. The summed E-state index contributed by atoms with van der Waals surface area (Å²) in [7, 11) is 1.90. The highest BCUT2D eigenvalue weighted by Crippen LogP contribution is 2.31. The van der Waals surface area contributed by atoms with Crippen molar-refractivity contribution < 1.29 is 4.79 Å². The van der Waals surface area contributed by atoms with Gasteiger partial charge < -0.3 is 4.90 Å². The van der Waals surface area contributed by atoms with Gasteiger partial charge in [-0.15, -0.1) is 0 Å². The molecular weight excluding hydrogens is 384 g/mol. The highest BCUT2D eigenvalue weighted by atomic mass is 16.2. The summed E-state index contributed by atoms with van der Waals surface area (Å²) in [5.74, 6) is 0.616. The Kier molecular flexibility index (Phi) is 6.21. The smallest absolute Gasteiger partial charge is 0.254 e. The fraction of sp³-hybridized carbons (Fsp3) is 0.423. The number of carbonyl (C=O) groups excluding carboxylic acids is 1. The average Bonchev–Trinajstić information content (AvgIpc) is 3.18. The van der Waals surface area contributed by atoms with E-state index in [0.29, 0.717) is 5.92 Å². The zero-order valence-corrected chi connectivity index (χ0v) is 19.0. The summed E-state index contributed by atoms with van der Waals surface area (Å²) in [6.45, 7) is 7.17. The second kappa shape index (κ2) is 9.04. The lowest BCUT2D eigenvalue weighted by Crippen LogP contribution is -2.48. The van der Waals surface area contributed by atoms with Gasteiger partial charge in [-0.05, 0) is 69.2 Å². The fourth-order valence-electron chi connectivity index (χ4n) is 4.78. The third-order valence-electron chi connectivity index (χ3n) is 6.44. The van der Waals surface area contributed by atoms with Gasteiger partial charge in [0.1, 0.15) is 0 Å². The van der Waals surface area contributed by atoms with E-state index in [1.807, 2.05) is 45.4 Å². The Morgan fingerprint density at radius 1 is 1.19 bits per heavy atom. The minimum absolute atomic E-state index is 0.135. The minimum Gasteiger partial charge on any atom is -0.335 e. The van der Waals surface area contributed by atoms with Crippen molar-refractivity contribution in [2.45, 2.75) is 52.5 Å². The molecule has 0 bridgehead atoms. The highest BCUT2D eigenvalue weighted by Gasteiger charge is 2.33. The molecule has 162 valence electrons. The van der Waals surface area contributed by atoms with Gasteiger partial charge in [-0.3, -0.25) is 14.5 Å². The van der Waals surface area contributed by atoms with Crippen LogP contribution in [0.5, 0.6) is 0 Å². The predicted octanol–water partition coefficient (Wildman–Crippen LogP) is 4.97. The molecule has 0 spiro atoms. The maximum Gasteiger partial charge on any atom is 0.254 e. The van der Waals surface area contributed by atoms with E-state index in [9.17, 15) is 4.79 Å². The number of nitrogens with zero attached hydrogens (tertiary/aromatic N) is 4. The van der Waals surface area contributed by atoms with Crippen LogP contribution in [-0.4, -0.2) is 38.2 Å². The number of hydrogen-bond acceptors (Lipinski definition) is 3. The molecule has 3 aromatic rings. The molecule has 1 aromatic carbocycles. The zero-order valence-electron chi connectivity index (χ0n) is 19.0. The molecule has 4 rings (SSSR count). The number of likely N-dealkylation sites (tertiary alicyclic amines) is 1. The van der Waals surface area contributed by atoms with E-state index in [-0.39, 0.29) is 11.9 Å². The van der Waals surface area contributed by atoms with E-state index in [1.165, 1.54) is 6.42 Å². The van der Waals surface area contributed by atoms with Crippen LogP contribution in [0.25, 0.3) is 11.1 Å². The summed E-state index contributed by atoms with van der Waals surface area (Å²) in [5.41, 5.74) is 5.97. The van der Waals surface area contributed by atoms with Crippen molar-refractivity contribution >= 4 is 5.91 Å². The van der Waals surface area contributed by atoms with E-state index < -0.39 is 0 Å². The van der Waals surface area contributed by atoms with E-state index in [1.54, 1.807) is 4.68 Å². The number of benzene rings is 1. The Labute approximate surface area is 185 Å². The fourth-order valence-corrected chi connectivity index (χ4v) is 4.78. The van der Waals surface area contributed by atoms with Gasteiger partial charge in [-0.1, -0.05) is 30.7 Å². The standard InChI is InChI=1S/C26H32N4O/c1-18-10-12-23(21-16-27-29(4)17-21)24(15-18)26(31)30-14-6-7-19(2)25(30)13-11-22-9-5-8-20(3)28-22/h5,8-10,12,15-17,19,25H,6-7,11,13-14H2,1-4H3/t19-,25-/m1/s1. The normalized spacial score (nSPS) is 18.9. The Morgan fingerprint density at radius 2 is 2.03 bits per heavy atom. The molecule has 1 saturated heterocycles. The van der Waals surface area contributed by atoms with E-state index in [0.717, 1.165) is 59.4 Å². The molecule has 0 radical (unpaired) electrons. The summed E-state index contributed by atoms with van der Waals surface area (Å²) < 4.78 is 1.78. The van der Waals surface area contributed by atoms with Crippen molar-refractivity contribution in [2.75, 3.05) is 6.54 Å². The van der Waals surface area contributed by atoms with Crippen molar-refractivity contribution in [3.05, 3.63) is 71.3 Å². The van der Waals surface area contributed by atoms with Crippen LogP contribution >= 0.6 is 0 Å². The number of pyridine rings is 1. The number of piperidine rings is 1. The van der Waals surface area contributed by atoms with Gasteiger partial charge in [0.2, 0.25) is 0 Å². The highest BCUT2D eigenvalue weighted by molar-refractivity contribution is 6.01. The Bertz CT molecular complexity index is 1070. The van der Waals surface area contributed by atoms with Gasteiger partial charge in [-0.2, -0.15) is 5.10 Å². The molecular formula is C26H32N4O. The molecule has 0 unspecified atom stereocenters. The first-order valence-electron chi connectivity index (χ1n) is 11.3. The van der Waals surface area contributed by atoms with Crippen molar-refractivity contribution in [3.8, 4) is 11.1 Å². The van der Waals surface area contributed by atoms with Crippen molar-refractivity contribution in [1.82, 2.24) is 19.7 Å². The monoisotopic (exact) mass is 416 g/mol. The number of rotatable bonds is 5. The van der Waals surface area contributed by atoms with Crippen LogP contribution in [-0.2, 0) is 13.5 Å². The van der Waals surface area contributed by atoms with E-state index in [2.05, 4.69) is 46.2 Å². The average molecular weight is 417 g/mol. The molecule has 1 aliphatic rings. The third kappa shape index (κ3) is 4.71. The molecule has 0 aliphatic carbocycles. The lowest BCUT2D eigenvalue weighted by molar-refractivity contribution is 0.0499. The van der Waals surface area contributed by atoms with Gasteiger partial charge in [0.05, 0.1) is 6.20 Å². The zero-order chi connectivity index (χ0) is 22.0. The SMILES string of the molecule is Cc1ccc(-c2cnn(C)c2)c(C(=O)N2CCC[C@@H](C)[C@H]2CCc2cccc(C)n2)c1. The quantitative estimate of drug-likeness (QED) is 0.590. The van der Waals surface area contributed by atoms with Gasteiger partial charge in [0.25, 0.3) is 5.91 Å². The number of aryl methyl sites for hydroxylation is 4. The number of carbonyl (C=O) groups is 1. The molecule has 0 saturated carbocycles. The maximum absolute atomic E-state index is 13.9. The molecule has 5 heteroatoms. The predicted molar refractivity (Wildman–Crippen MR) is 124 cm³/mol. The van der Waals surface area contributed by atoms with Crippen LogP contribution < -0.4 is 0 Å². The van der Waals surface area contributed by atoms with Gasteiger partial charge >= 0.3 is 0 Å². The second-order valence-electron chi connectivity index (χ2n) is 8.95. The van der Waals surface area contributed by atoms with Crippen molar-refractivity contribution in [3.63, 3.8) is 0 Å². The first kappa shape index (κ1) is 21.3. The minimum atomic E-state index is 0.135. The largest absolute Gasteiger partial charge is 0.335 e. The Hall–Kier alpha value is -2.95. The number of amides is 1. The van der Waals surface area contributed by atoms with Crippen LogP contribution in [0.2, 0.25) is 0 Å². The molecule has 1 fully saturated rings. The van der Waals surface area contributed by atoms with Crippen molar-refractivity contribution in [2.24, 2.45) is 13.0 Å². The molecule has 3 heterocycles.